The number of hydrogen-bond acceptors (Lipinski definition) is 4. The Bertz CT molecular complexity index is 448. The zero-order valence-corrected chi connectivity index (χ0v) is 13.6. The summed E-state index contributed by atoms with van der Waals surface area (Å²) in [6, 6.07) is 3.90. The molecule has 0 bridgehead atoms. The minimum Gasteiger partial charge on any atom is -0.386 e. The summed E-state index contributed by atoms with van der Waals surface area (Å²) in [5.41, 5.74) is 0.364. The SMILES string of the molecule is COC1(O[Si](C)(C)C)C(C)OC1(C)c1cccnc1. The number of aromatic nitrogens is 1. The first-order chi connectivity index (χ1) is 8.75. The van der Waals surface area contributed by atoms with Gasteiger partial charge in [-0.05, 0) is 39.6 Å². The largest absolute Gasteiger partial charge is 0.386 e. The summed E-state index contributed by atoms with van der Waals surface area (Å²) in [5, 5.41) is 0. The zero-order chi connectivity index (χ0) is 14.3. The molecular formula is C14H23NO3Si. The Morgan fingerprint density at radius 1 is 1.37 bits per heavy atom. The van der Waals surface area contributed by atoms with Gasteiger partial charge in [-0.25, -0.2) is 0 Å². The van der Waals surface area contributed by atoms with Crippen LogP contribution >= 0.6 is 0 Å². The Morgan fingerprint density at radius 2 is 2.05 bits per heavy atom. The monoisotopic (exact) mass is 281 g/mol. The van der Waals surface area contributed by atoms with Crippen LogP contribution < -0.4 is 0 Å². The van der Waals surface area contributed by atoms with Crippen LogP contribution in [0, 0.1) is 0 Å². The maximum Gasteiger partial charge on any atom is 0.219 e. The van der Waals surface area contributed by atoms with Gasteiger partial charge in [0.25, 0.3) is 0 Å². The lowest BCUT2D eigenvalue weighted by molar-refractivity contribution is -0.431. The number of pyridine rings is 1. The molecule has 4 nitrogen and oxygen atoms in total. The van der Waals surface area contributed by atoms with Crippen LogP contribution in [0.5, 0.6) is 0 Å². The molecule has 1 aliphatic heterocycles. The van der Waals surface area contributed by atoms with Crippen LogP contribution in [0.2, 0.25) is 19.6 Å². The highest BCUT2D eigenvalue weighted by molar-refractivity contribution is 6.69. The van der Waals surface area contributed by atoms with Crippen molar-refractivity contribution in [3.8, 4) is 0 Å². The third-order valence-electron chi connectivity index (χ3n) is 3.59. The van der Waals surface area contributed by atoms with Gasteiger partial charge < -0.3 is 13.9 Å². The van der Waals surface area contributed by atoms with Gasteiger partial charge in [-0.1, -0.05) is 6.07 Å². The third-order valence-corrected chi connectivity index (χ3v) is 4.50. The van der Waals surface area contributed by atoms with Gasteiger partial charge in [-0.15, -0.1) is 0 Å². The van der Waals surface area contributed by atoms with Gasteiger partial charge in [0.1, 0.15) is 11.7 Å². The lowest BCUT2D eigenvalue weighted by Gasteiger charge is -2.61. The minimum atomic E-state index is -1.77. The molecule has 2 heterocycles. The topological polar surface area (TPSA) is 40.6 Å². The maximum atomic E-state index is 6.36. The fourth-order valence-electron chi connectivity index (χ4n) is 2.79. The fourth-order valence-corrected chi connectivity index (χ4v) is 4.15. The van der Waals surface area contributed by atoms with Gasteiger partial charge in [-0.3, -0.25) is 4.98 Å². The molecule has 1 aromatic rings. The van der Waals surface area contributed by atoms with E-state index in [1.807, 2.05) is 32.2 Å². The van der Waals surface area contributed by atoms with Crippen molar-refractivity contribution < 1.29 is 13.9 Å². The average molecular weight is 281 g/mol. The second-order valence-corrected chi connectivity index (χ2v) is 10.5. The van der Waals surface area contributed by atoms with Crippen LogP contribution in [-0.4, -0.2) is 32.3 Å². The van der Waals surface area contributed by atoms with Gasteiger partial charge in [0.2, 0.25) is 5.79 Å². The van der Waals surface area contributed by atoms with Crippen molar-refractivity contribution in [2.24, 2.45) is 0 Å². The summed E-state index contributed by atoms with van der Waals surface area (Å²) in [5.74, 6) is -0.736. The highest BCUT2D eigenvalue weighted by Gasteiger charge is 2.67. The second kappa shape index (κ2) is 4.66. The van der Waals surface area contributed by atoms with E-state index in [2.05, 4.69) is 24.6 Å². The van der Waals surface area contributed by atoms with Crippen molar-refractivity contribution in [2.75, 3.05) is 7.11 Å². The molecule has 1 saturated heterocycles. The summed E-state index contributed by atoms with van der Waals surface area (Å²) in [4.78, 5) is 4.17. The first kappa shape index (κ1) is 14.7. The van der Waals surface area contributed by atoms with Crippen LogP contribution in [0.15, 0.2) is 24.5 Å². The van der Waals surface area contributed by atoms with Gasteiger partial charge >= 0.3 is 0 Å². The summed E-state index contributed by atoms with van der Waals surface area (Å²) in [7, 11) is -0.0840. The third kappa shape index (κ3) is 2.25. The van der Waals surface area contributed by atoms with Crippen LogP contribution in [0.3, 0.4) is 0 Å². The van der Waals surface area contributed by atoms with Crippen molar-refractivity contribution >= 4 is 8.32 Å². The van der Waals surface area contributed by atoms with Crippen molar-refractivity contribution in [2.45, 2.75) is 51.0 Å². The van der Waals surface area contributed by atoms with E-state index in [0.717, 1.165) is 5.56 Å². The Balaban J connectivity index is 2.41. The van der Waals surface area contributed by atoms with E-state index in [-0.39, 0.29) is 6.10 Å². The first-order valence-corrected chi connectivity index (χ1v) is 10.00. The lowest BCUT2D eigenvalue weighted by Crippen LogP contribution is -2.74. The van der Waals surface area contributed by atoms with E-state index in [0.29, 0.717) is 0 Å². The van der Waals surface area contributed by atoms with Gasteiger partial charge in [-0.2, -0.15) is 0 Å². The van der Waals surface area contributed by atoms with Crippen LogP contribution in [0.25, 0.3) is 0 Å². The molecule has 0 aliphatic carbocycles. The number of nitrogens with zero attached hydrogens (tertiary/aromatic N) is 1. The summed E-state index contributed by atoms with van der Waals surface area (Å²) < 4.78 is 18.1. The van der Waals surface area contributed by atoms with Gasteiger partial charge in [0.05, 0.1) is 0 Å². The standard InChI is InChI=1S/C14H23NO3Si/c1-11-14(16-3,18-19(4,5)6)13(2,17-11)12-8-7-9-15-10-12/h7-11H,1-6H3. The molecule has 0 saturated carbocycles. The Labute approximate surface area is 116 Å². The minimum absolute atomic E-state index is 0.102. The molecule has 1 aliphatic rings. The van der Waals surface area contributed by atoms with E-state index in [9.17, 15) is 0 Å². The molecule has 0 spiro atoms. The summed E-state index contributed by atoms with van der Waals surface area (Å²) in [6.07, 6.45) is 3.46. The van der Waals surface area contributed by atoms with Crippen LogP contribution in [-0.2, 0) is 19.5 Å². The number of ether oxygens (including phenoxy) is 2. The molecule has 1 aromatic heterocycles. The lowest BCUT2D eigenvalue weighted by atomic mass is 9.79. The maximum absolute atomic E-state index is 6.36. The molecule has 2 rings (SSSR count). The average Bonchev–Trinajstić information content (AvgIpc) is 2.35. The molecule has 1 fully saturated rings. The number of rotatable bonds is 4. The van der Waals surface area contributed by atoms with E-state index in [1.54, 1.807) is 13.3 Å². The summed E-state index contributed by atoms with van der Waals surface area (Å²) >= 11 is 0. The highest BCUT2D eigenvalue weighted by atomic mass is 28.4. The van der Waals surface area contributed by atoms with Crippen molar-refractivity contribution in [3.63, 3.8) is 0 Å². The predicted molar refractivity (Wildman–Crippen MR) is 76.3 cm³/mol. The molecule has 0 aromatic carbocycles. The zero-order valence-electron chi connectivity index (χ0n) is 12.6. The highest BCUT2D eigenvalue weighted by Crippen LogP contribution is 2.53. The van der Waals surface area contributed by atoms with E-state index >= 15 is 0 Å². The fraction of sp³-hybridized carbons (Fsp3) is 0.643. The Morgan fingerprint density at radius 3 is 2.47 bits per heavy atom. The van der Waals surface area contributed by atoms with Gasteiger partial charge in [0.15, 0.2) is 8.32 Å². The smallest absolute Gasteiger partial charge is 0.219 e. The summed E-state index contributed by atoms with van der Waals surface area (Å²) in [6.45, 7) is 10.5. The molecule has 0 N–H and O–H groups in total. The van der Waals surface area contributed by atoms with Crippen molar-refractivity contribution in [1.29, 1.82) is 0 Å². The molecule has 3 unspecified atom stereocenters. The first-order valence-electron chi connectivity index (χ1n) is 6.59. The molecule has 106 valence electrons. The molecule has 0 radical (unpaired) electrons. The quantitative estimate of drug-likeness (QED) is 0.628. The molecule has 3 atom stereocenters. The molecule has 5 heteroatoms. The van der Waals surface area contributed by atoms with Crippen molar-refractivity contribution in [1.82, 2.24) is 4.98 Å². The number of methoxy groups -OCH3 is 1. The predicted octanol–water partition coefficient (Wildman–Crippen LogP) is 2.91. The Hall–Kier alpha value is -0.753. The second-order valence-electron chi connectivity index (χ2n) is 6.12. The molecular weight excluding hydrogens is 258 g/mol. The Kier molecular flexibility index (Phi) is 3.60. The molecule has 19 heavy (non-hydrogen) atoms. The number of hydrogen-bond donors (Lipinski definition) is 0. The van der Waals surface area contributed by atoms with Crippen LogP contribution in [0.1, 0.15) is 19.4 Å². The van der Waals surface area contributed by atoms with Crippen molar-refractivity contribution in [3.05, 3.63) is 30.1 Å². The van der Waals surface area contributed by atoms with E-state index in [1.165, 1.54) is 0 Å². The van der Waals surface area contributed by atoms with Gasteiger partial charge in [0, 0.05) is 25.1 Å². The normalized spacial score (nSPS) is 34.9. The van der Waals surface area contributed by atoms with E-state index < -0.39 is 19.7 Å². The van der Waals surface area contributed by atoms with E-state index in [4.69, 9.17) is 13.9 Å². The van der Waals surface area contributed by atoms with Crippen LogP contribution in [0.4, 0.5) is 0 Å². The molecule has 0 amide bonds.